The van der Waals surface area contributed by atoms with Gasteiger partial charge in [-0.2, -0.15) is 4.98 Å². The van der Waals surface area contributed by atoms with E-state index in [1.807, 2.05) is 24.3 Å². The summed E-state index contributed by atoms with van der Waals surface area (Å²) in [5.74, 6) is 0. The van der Waals surface area contributed by atoms with E-state index in [1.165, 1.54) is 25.7 Å². The third-order valence-corrected chi connectivity index (χ3v) is 3.63. The van der Waals surface area contributed by atoms with Crippen LogP contribution in [0.2, 0.25) is 0 Å². The lowest BCUT2D eigenvalue weighted by Gasteiger charge is -2.26. The number of hydrogen-bond acceptors (Lipinski definition) is 4. The van der Waals surface area contributed by atoms with E-state index < -0.39 is 0 Å². The fraction of sp³-hybridized carbons (Fsp3) is 0.500. The Labute approximate surface area is 106 Å². The van der Waals surface area contributed by atoms with Gasteiger partial charge in [-0.3, -0.25) is 0 Å². The van der Waals surface area contributed by atoms with E-state index in [0.717, 1.165) is 11.1 Å². The molecule has 18 heavy (non-hydrogen) atoms. The fourth-order valence-electron chi connectivity index (χ4n) is 2.74. The molecule has 1 aromatic heterocycles. The van der Waals surface area contributed by atoms with Gasteiger partial charge in [0.25, 0.3) is 6.01 Å². The molecule has 0 atom stereocenters. The molecule has 0 amide bonds. The Hall–Kier alpha value is -1.55. The van der Waals surface area contributed by atoms with Gasteiger partial charge in [0.2, 0.25) is 0 Å². The van der Waals surface area contributed by atoms with Crippen LogP contribution in [0.1, 0.15) is 25.7 Å². The lowest BCUT2D eigenvalue weighted by Crippen LogP contribution is -2.35. The van der Waals surface area contributed by atoms with Gasteiger partial charge in [-0.1, -0.05) is 25.0 Å². The minimum Gasteiger partial charge on any atom is -0.423 e. The molecule has 1 aromatic carbocycles. The fourth-order valence-corrected chi connectivity index (χ4v) is 2.74. The van der Waals surface area contributed by atoms with Crippen LogP contribution in [0, 0.1) is 0 Å². The Kier molecular flexibility index (Phi) is 3.19. The molecule has 1 fully saturated rings. The van der Waals surface area contributed by atoms with Gasteiger partial charge < -0.3 is 14.4 Å². The Balaban J connectivity index is 1.92. The van der Waals surface area contributed by atoms with Gasteiger partial charge in [-0.25, -0.2) is 0 Å². The SMILES string of the molecule is OCCN(c1nc2ccccc2o1)C1CCCC1. The first kappa shape index (κ1) is 11.5. The van der Waals surface area contributed by atoms with E-state index in [9.17, 15) is 5.11 Å². The molecule has 1 N–H and O–H groups in total. The van der Waals surface area contributed by atoms with Crippen molar-refractivity contribution >= 4 is 17.1 Å². The van der Waals surface area contributed by atoms with Crippen LogP contribution in [0.15, 0.2) is 28.7 Å². The van der Waals surface area contributed by atoms with Crippen LogP contribution in [0.5, 0.6) is 0 Å². The van der Waals surface area contributed by atoms with Crippen LogP contribution in [-0.4, -0.2) is 29.3 Å². The molecule has 4 nitrogen and oxygen atoms in total. The summed E-state index contributed by atoms with van der Waals surface area (Å²) in [5, 5.41) is 9.22. The quantitative estimate of drug-likeness (QED) is 0.900. The van der Waals surface area contributed by atoms with Crippen molar-refractivity contribution in [3.63, 3.8) is 0 Å². The van der Waals surface area contributed by atoms with Crippen molar-refractivity contribution in [1.82, 2.24) is 4.98 Å². The summed E-state index contributed by atoms with van der Waals surface area (Å²) < 4.78 is 5.80. The summed E-state index contributed by atoms with van der Waals surface area (Å²) in [6.07, 6.45) is 4.84. The predicted octanol–water partition coefficient (Wildman–Crippen LogP) is 2.57. The summed E-state index contributed by atoms with van der Waals surface area (Å²) in [7, 11) is 0. The molecule has 0 radical (unpaired) electrons. The van der Waals surface area contributed by atoms with E-state index in [1.54, 1.807) is 0 Å². The van der Waals surface area contributed by atoms with Crippen molar-refractivity contribution in [2.24, 2.45) is 0 Å². The molecule has 1 aliphatic rings. The number of hydrogen-bond donors (Lipinski definition) is 1. The number of para-hydroxylation sites is 2. The van der Waals surface area contributed by atoms with Crippen molar-refractivity contribution in [3.8, 4) is 0 Å². The first-order valence-corrected chi connectivity index (χ1v) is 6.61. The molecule has 2 aromatic rings. The monoisotopic (exact) mass is 246 g/mol. The average Bonchev–Trinajstić information content (AvgIpc) is 3.04. The minimum atomic E-state index is 0.134. The van der Waals surface area contributed by atoms with Crippen molar-refractivity contribution in [2.45, 2.75) is 31.7 Å². The Morgan fingerprint density at radius 3 is 2.78 bits per heavy atom. The highest BCUT2D eigenvalue weighted by Gasteiger charge is 2.25. The maximum Gasteiger partial charge on any atom is 0.298 e. The molecule has 0 aliphatic heterocycles. The molecule has 1 saturated carbocycles. The first-order valence-electron chi connectivity index (χ1n) is 6.61. The van der Waals surface area contributed by atoms with E-state index in [2.05, 4.69) is 9.88 Å². The summed E-state index contributed by atoms with van der Waals surface area (Å²) in [6, 6.07) is 8.90. The van der Waals surface area contributed by atoms with E-state index in [-0.39, 0.29) is 6.61 Å². The Morgan fingerprint density at radius 2 is 2.06 bits per heavy atom. The number of aromatic nitrogens is 1. The number of aliphatic hydroxyl groups is 1. The molecular formula is C14H18N2O2. The lowest BCUT2D eigenvalue weighted by molar-refractivity contribution is 0.293. The highest BCUT2D eigenvalue weighted by molar-refractivity contribution is 5.74. The van der Waals surface area contributed by atoms with Gasteiger partial charge in [-0.05, 0) is 25.0 Å². The van der Waals surface area contributed by atoms with E-state index >= 15 is 0 Å². The van der Waals surface area contributed by atoms with Gasteiger partial charge >= 0.3 is 0 Å². The van der Waals surface area contributed by atoms with Crippen LogP contribution in [-0.2, 0) is 0 Å². The number of nitrogens with zero attached hydrogens (tertiary/aromatic N) is 2. The van der Waals surface area contributed by atoms with Gasteiger partial charge in [-0.15, -0.1) is 0 Å². The van der Waals surface area contributed by atoms with Crippen LogP contribution in [0.3, 0.4) is 0 Å². The summed E-state index contributed by atoms with van der Waals surface area (Å²) in [6.45, 7) is 0.729. The zero-order chi connectivity index (χ0) is 12.4. The zero-order valence-corrected chi connectivity index (χ0v) is 10.4. The van der Waals surface area contributed by atoms with Gasteiger partial charge in [0.05, 0.1) is 6.61 Å². The first-order chi connectivity index (χ1) is 8.88. The second-order valence-corrected chi connectivity index (χ2v) is 4.82. The molecule has 0 bridgehead atoms. The molecule has 96 valence electrons. The molecular weight excluding hydrogens is 228 g/mol. The number of fused-ring (bicyclic) bond motifs is 1. The Bertz CT molecular complexity index is 484. The van der Waals surface area contributed by atoms with E-state index in [0.29, 0.717) is 18.6 Å². The largest absolute Gasteiger partial charge is 0.423 e. The third-order valence-electron chi connectivity index (χ3n) is 3.63. The van der Waals surface area contributed by atoms with Crippen molar-refractivity contribution < 1.29 is 9.52 Å². The molecule has 3 rings (SSSR count). The van der Waals surface area contributed by atoms with Crippen molar-refractivity contribution in [1.29, 1.82) is 0 Å². The van der Waals surface area contributed by atoms with Crippen LogP contribution in [0.25, 0.3) is 11.1 Å². The highest BCUT2D eigenvalue weighted by atomic mass is 16.4. The molecule has 0 saturated heterocycles. The van der Waals surface area contributed by atoms with E-state index in [4.69, 9.17) is 4.42 Å². The molecule has 0 spiro atoms. The number of anilines is 1. The number of aliphatic hydroxyl groups excluding tert-OH is 1. The second kappa shape index (κ2) is 4.98. The summed E-state index contributed by atoms with van der Waals surface area (Å²) in [5.41, 5.74) is 1.70. The number of oxazole rings is 1. The van der Waals surface area contributed by atoms with Crippen molar-refractivity contribution in [3.05, 3.63) is 24.3 Å². The topological polar surface area (TPSA) is 49.5 Å². The van der Waals surface area contributed by atoms with Crippen LogP contribution >= 0.6 is 0 Å². The molecule has 1 heterocycles. The average molecular weight is 246 g/mol. The van der Waals surface area contributed by atoms with Gasteiger partial charge in [0.1, 0.15) is 5.52 Å². The highest BCUT2D eigenvalue weighted by Crippen LogP contribution is 2.29. The molecule has 0 unspecified atom stereocenters. The zero-order valence-electron chi connectivity index (χ0n) is 10.4. The van der Waals surface area contributed by atoms with Gasteiger partial charge in [0.15, 0.2) is 5.58 Å². The van der Waals surface area contributed by atoms with Crippen molar-refractivity contribution in [2.75, 3.05) is 18.1 Å². The maximum atomic E-state index is 9.22. The molecule has 1 aliphatic carbocycles. The minimum absolute atomic E-state index is 0.134. The maximum absolute atomic E-state index is 9.22. The Morgan fingerprint density at radius 1 is 1.28 bits per heavy atom. The van der Waals surface area contributed by atoms with Gasteiger partial charge in [0, 0.05) is 12.6 Å². The summed E-state index contributed by atoms with van der Waals surface area (Å²) in [4.78, 5) is 6.64. The summed E-state index contributed by atoms with van der Waals surface area (Å²) >= 11 is 0. The molecule has 4 heteroatoms. The lowest BCUT2D eigenvalue weighted by atomic mass is 10.2. The number of benzene rings is 1. The third kappa shape index (κ3) is 2.08. The van der Waals surface area contributed by atoms with Crippen LogP contribution < -0.4 is 4.90 Å². The predicted molar refractivity (Wildman–Crippen MR) is 70.7 cm³/mol. The standard InChI is InChI=1S/C14H18N2O2/c17-10-9-16(11-5-1-2-6-11)14-15-12-7-3-4-8-13(12)18-14/h3-4,7-8,11,17H,1-2,5-6,9-10H2. The second-order valence-electron chi connectivity index (χ2n) is 4.82. The number of rotatable bonds is 4. The normalized spacial score (nSPS) is 16.5. The van der Waals surface area contributed by atoms with Crippen LogP contribution in [0.4, 0.5) is 6.01 Å². The smallest absolute Gasteiger partial charge is 0.298 e.